The Morgan fingerprint density at radius 1 is 1.67 bits per heavy atom. The fraction of sp³-hybridized carbons (Fsp3) is 0.667. The number of aromatic carboxylic acids is 1. The van der Waals surface area contributed by atoms with Gasteiger partial charge in [-0.15, -0.1) is 5.10 Å². The molecule has 0 spiro atoms. The molecular formula is C9H14N4O2. The third-order valence-electron chi connectivity index (χ3n) is 2.65. The molecule has 1 aromatic heterocycles. The second-order valence-corrected chi connectivity index (χ2v) is 4.04. The zero-order valence-corrected chi connectivity index (χ0v) is 8.55. The minimum atomic E-state index is -1.03. The zero-order chi connectivity index (χ0) is 10.8. The molecule has 0 radical (unpaired) electrons. The largest absolute Gasteiger partial charge is 0.476 e. The van der Waals surface area contributed by atoms with E-state index in [-0.39, 0.29) is 11.7 Å². The predicted molar refractivity (Wildman–Crippen MR) is 52.7 cm³/mol. The number of aromatic nitrogens is 3. The van der Waals surface area contributed by atoms with Crippen molar-refractivity contribution in [3.05, 3.63) is 11.9 Å². The summed E-state index contributed by atoms with van der Waals surface area (Å²) in [6.45, 7) is 4.00. The summed E-state index contributed by atoms with van der Waals surface area (Å²) >= 11 is 0. The Hall–Kier alpha value is -1.43. The van der Waals surface area contributed by atoms with E-state index in [0.29, 0.717) is 5.92 Å². The SMILES string of the molecule is C[C@H]1CNC[C@H](n2cc(C(=O)O)nn2)C1. The first-order chi connectivity index (χ1) is 7.16. The number of rotatable bonds is 2. The van der Waals surface area contributed by atoms with Crippen LogP contribution in [0.15, 0.2) is 6.20 Å². The molecule has 6 heteroatoms. The maximum atomic E-state index is 10.6. The molecule has 2 rings (SSSR count). The second kappa shape index (κ2) is 3.98. The molecule has 15 heavy (non-hydrogen) atoms. The normalized spacial score (nSPS) is 26.5. The highest BCUT2D eigenvalue weighted by atomic mass is 16.4. The standard InChI is InChI=1S/C9H14N4O2/c1-6-2-7(4-10-3-6)13-5-8(9(14)15)11-12-13/h5-7,10H,2-4H2,1H3,(H,14,15)/t6-,7-/m1/s1. The van der Waals surface area contributed by atoms with Gasteiger partial charge in [0, 0.05) is 6.54 Å². The second-order valence-electron chi connectivity index (χ2n) is 4.04. The van der Waals surface area contributed by atoms with Gasteiger partial charge < -0.3 is 10.4 Å². The Balaban J connectivity index is 2.11. The van der Waals surface area contributed by atoms with Gasteiger partial charge in [0.1, 0.15) is 0 Å². The number of piperidine rings is 1. The van der Waals surface area contributed by atoms with Crippen LogP contribution in [0.1, 0.15) is 29.9 Å². The predicted octanol–water partition coefficient (Wildman–Crippen LogP) is 0.147. The first-order valence-electron chi connectivity index (χ1n) is 5.02. The molecule has 1 aliphatic rings. The van der Waals surface area contributed by atoms with Crippen LogP contribution in [0, 0.1) is 5.92 Å². The van der Waals surface area contributed by atoms with Crippen molar-refractivity contribution in [3.8, 4) is 0 Å². The summed E-state index contributed by atoms with van der Waals surface area (Å²) in [7, 11) is 0. The lowest BCUT2D eigenvalue weighted by Gasteiger charge is -2.27. The molecule has 2 heterocycles. The number of nitrogens with one attached hydrogen (secondary N) is 1. The molecule has 0 unspecified atom stereocenters. The van der Waals surface area contributed by atoms with Gasteiger partial charge in [0.05, 0.1) is 12.2 Å². The quantitative estimate of drug-likeness (QED) is 0.726. The zero-order valence-electron chi connectivity index (χ0n) is 8.55. The molecule has 2 N–H and O–H groups in total. The van der Waals surface area contributed by atoms with Crippen molar-refractivity contribution in [2.45, 2.75) is 19.4 Å². The fourth-order valence-corrected chi connectivity index (χ4v) is 1.88. The maximum absolute atomic E-state index is 10.6. The van der Waals surface area contributed by atoms with Crippen LogP contribution in [-0.2, 0) is 0 Å². The van der Waals surface area contributed by atoms with E-state index < -0.39 is 5.97 Å². The van der Waals surface area contributed by atoms with Gasteiger partial charge in [-0.05, 0) is 18.9 Å². The van der Waals surface area contributed by atoms with Crippen molar-refractivity contribution in [3.63, 3.8) is 0 Å². The average molecular weight is 210 g/mol. The lowest BCUT2D eigenvalue weighted by Crippen LogP contribution is -2.36. The van der Waals surface area contributed by atoms with Gasteiger partial charge in [-0.3, -0.25) is 0 Å². The highest BCUT2D eigenvalue weighted by Gasteiger charge is 2.21. The van der Waals surface area contributed by atoms with Crippen LogP contribution >= 0.6 is 0 Å². The molecule has 1 fully saturated rings. The minimum Gasteiger partial charge on any atom is -0.476 e. The molecule has 6 nitrogen and oxygen atoms in total. The Morgan fingerprint density at radius 2 is 2.47 bits per heavy atom. The van der Waals surface area contributed by atoms with Crippen molar-refractivity contribution in [1.29, 1.82) is 0 Å². The van der Waals surface area contributed by atoms with E-state index in [1.54, 1.807) is 4.68 Å². The van der Waals surface area contributed by atoms with E-state index in [0.717, 1.165) is 19.5 Å². The molecule has 0 amide bonds. The molecule has 0 aromatic carbocycles. The molecule has 1 saturated heterocycles. The molecule has 0 saturated carbocycles. The average Bonchev–Trinajstić information content (AvgIpc) is 2.66. The summed E-state index contributed by atoms with van der Waals surface area (Å²) in [5.41, 5.74) is 0.00762. The van der Waals surface area contributed by atoms with Crippen LogP contribution in [0.3, 0.4) is 0 Å². The van der Waals surface area contributed by atoms with Crippen LogP contribution in [-0.4, -0.2) is 39.2 Å². The van der Waals surface area contributed by atoms with Crippen LogP contribution in [0.4, 0.5) is 0 Å². The van der Waals surface area contributed by atoms with Crippen molar-refractivity contribution in [1.82, 2.24) is 20.3 Å². The smallest absolute Gasteiger partial charge is 0.358 e. The van der Waals surface area contributed by atoms with Crippen LogP contribution in [0.2, 0.25) is 0 Å². The van der Waals surface area contributed by atoms with E-state index >= 15 is 0 Å². The summed E-state index contributed by atoms with van der Waals surface area (Å²) in [5, 5.41) is 19.4. The Kier molecular flexibility index (Phi) is 2.68. The van der Waals surface area contributed by atoms with Gasteiger partial charge >= 0.3 is 5.97 Å². The molecule has 1 aromatic rings. The molecule has 82 valence electrons. The number of carboxylic acid groups (broad SMARTS) is 1. The Labute approximate surface area is 87.3 Å². The van der Waals surface area contributed by atoms with Crippen LogP contribution in [0.25, 0.3) is 0 Å². The van der Waals surface area contributed by atoms with Crippen molar-refractivity contribution in [2.24, 2.45) is 5.92 Å². The summed E-state index contributed by atoms with van der Waals surface area (Å²) in [6.07, 6.45) is 2.50. The number of carboxylic acids is 1. The van der Waals surface area contributed by atoms with Gasteiger partial charge in [0.2, 0.25) is 0 Å². The molecule has 0 bridgehead atoms. The van der Waals surface area contributed by atoms with Crippen molar-refractivity contribution >= 4 is 5.97 Å². The summed E-state index contributed by atoms with van der Waals surface area (Å²) in [5.74, 6) is -0.445. The summed E-state index contributed by atoms with van der Waals surface area (Å²) < 4.78 is 1.64. The lowest BCUT2D eigenvalue weighted by molar-refractivity contribution is 0.0690. The summed E-state index contributed by atoms with van der Waals surface area (Å²) in [4.78, 5) is 10.6. The Morgan fingerprint density at radius 3 is 3.07 bits per heavy atom. The fourth-order valence-electron chi connectivity index (χ4n) is 1.88. The Bertz CT molecular complexity index is 363. The van der Waals surface area contributed by atoms with Gasteiger partial charge in [-0.25, -0.2) is 9.48 Å². The molecule has 0 aliphatic carbocycles. The monoisotopic (exact) mass is 210 g/mol. The van der Waals surface area contributed by atoms with Crippen LogP contribution in [0.5, 0.6) is 0 Å². The molecule has 2 atom stereocenters. The number of nitrogens with zero attached hydrogens (tertiary/aromatic N) is 3. The van der Waals surface area contributed by atoms with Crippen molar-refractivity contribution < 1.29 is 9.90 Å². The summed E-state index contributed by atoms with van der Waals surface area (Å²) in [6, 6.07) is 0.217. The number of hydrogen-bond donors (Lipinski definition) is 2. The van der Waals surface area contributed by atoms with E-state index in [2.05, 4.69) is 22.6 Å². The third kappa shape index (κ3) is 2.15. The molecular weight excluding hydrogens is 196 g/mol. The van der Waals surface area contributed by atoms with Crippen molar-refractivity contribution in [2.75, 3.05) is 13.1 Å². The minimum absolute atomic E-state index is 0.00762. The van der Waals surface area contributed by atoms with Crippen LogP contribution < -0.4 is 5.32 Å². The molecule has 1 aliphatic heterocycles. The van der Waals surface area contributed by atoms with Gasteiger partial charge in [-0.1, -0.05) is 12.1 Å². The van der Waals surface area contributed by atoms with E-state index in [4.69, 9.17) is 5.11 Å². The number of hydrogen-bond acceptors (Lipinski definition) is 4. The topological polar surface area (TPSA) is 80.0 Å². The van der Waals surface area contributed by atoms with Gasteiger partial charge in [0.15, 0.2) is 5.69 Å². The lowest BCUT2D eigenvalue weighted by atomic mass is 9.98. The highest BCUT2D eigenvalue weighted by molar-refractivity contribution is 5.84. The van der Waals surface area contributed by atoms with Gasteiger partial charge in [-0.2, -0.15) is 0 Å². The van der Waals surface area contributed by atoms with E-state index in [1.165, 1.54) is 6.20 Å². The first kappa shape index (κ1) is 10.1. The third-order valence-corrected chi connectivity index (χ3v) is 2.65. The number of carbonyl (C=O) groups is 1. The highest BCUT2D eigenvalue weighted by Crippen LogP contribution is 2.19. The van der Waals surface area contributed by atoms with E-state index in [1.807, 2.05) is 0 Å². The first-order valence-corrected chi connectivity index (χ1v) is 5.02. The maximum Gasteiger partial charge on any atom is 0.358 e. The van der Waals surface area contributed by atoms with E-state index in [9.17, 15) is 4.79 Å². The van der Waals surface area contributed by atoms with Gasteiger partial charge in [0.25, 0.3) is 0 Å².